The van der Waals surface area contributed by atoms with Crippen LogP contribution in [-0.2, 0) is 6.16 Å². The van der Waals surface area contributed by atoms with Gasteiger partial charge in [-0.3, -0.25) is 0 Å². The van der Waals surface area contributed by atoms with Crippen LogP contribution in [0.15, 0.2) is 79.0 Å². The van der Waals surface area contributed by atoms with Crippen molar-refractivity contribution in [3.05, 3.63) is 84.8 Å². The lowest BCUT2D eigenvalue weighted by Crippen LogP contribution is -2.13. The highest BCUT2D eigenvalue weighted by Crippen LogP contribution is 2.37. The molecule has 124 valence electrons. The van der Waals surface area contributed by atoms with E-state index in [0.717, 1.165) is 23.4 Å². The molecule has 4 rings (SSSR count). The zero-order chi connectivity index (χ0) is 17.1. The van der Waals surface area contributed by atoms with Gasteiger partial charge in [0.05, 0.1) is 7.11 Å². The quantitative estimate of drug-likeness (QED) is 0.520. The minimum Gasteiger partial charge on any atom is -0.493 e. The Morgan fingerprint density at radius 1 is 0.880 bits per heavy atom. The van der Waals surface area contributed by atoms with Gasteiger partial charge in [-0.05, 0) is 30.7 Å². The number of hydrogen-bond acceptors (Lipinski definition) is 3. The summed E-state index contributed by atoms with van der Waals surface area (Å²) < 4.78 is 7.19. The average Bonchev–Trinajstić information content (AvgIpc) is 3.10. The summed E-state index contributed by atoms with van der Waals surface area (Å²) >= 11 is 0. The molecule has 0 N–H and O–H groups in total. The highest BCUT2D eigenvalue weighted by Gasteiger charge is 2.18. The normalized spacial score (nSPS) is 11.1. The first-order chi connectivity index (χ1) is 12.3. The highest BCUT2D eigenvalue weighted by atomic mass is 31.1. The van der Waals surface area contributed by atoms with Crippen LogP contribution in [0, 0.1) is 0 Å². The number of fused-ring (bicyclic) bond motifs is 1. The highest BCUT2D eigenvalue weighted by molar-refractivity contribution is 7.72. The predicted molar refractivity (Wildman–Crippen MR) is 102 cm³/mol. The molecule has 2 aromatic heterocycles. The van der Waals surface area contributed by atoms with Crippen LogP contribution in [0.3, 0.4) is 0 Å². The van der Waals surface area contributed by atoms with E-state index < -0.39 is 7.92 Å². The third kappa shape index (κ3) is 3.26. The molecule has 0 aliphatic heterocycles. The molecular formula is C20H18N3OP. The van der Waals surface area contributed by atoms with Gasteiger partial charge in [0, 0.05) is 12.4 Å². The number of ether oxygens (including phenoxy) is 1. The zero-order valence-electron chi connectivity index (χ0n) is 13.9. The lowest BCUT2D eigenvalue weighted by molar-refractivity contribution is 0.416. The van der Waals surface area contributed by atoms with Gasteiger partial charge in [0.1, 0.15) is 0 Å². The number of rotatable bonds is 5. The molecule has 4 aromatic rings. The lowest BCUT2D eigenvalue weighted by atomic mass is 10.4. The summed E-state index contributed by atoms with van der Waals surface area (Å²) in [4.78, 5) is 4.72. The van der Waals surface area contributed by atoms with Crippen molar-refractivity contribution in [1.29, 1.82) is 0 Å². The summed E-state index contributed by atoms with van der Waals surface area (Å²) in [6, 6.07) is 25.1. The second kappa shape index (κ2) is 7.04. The SMILES string of the molecule is COc1cccn2nc(CP(c3ccccc3)c3ccccc3)nc12. The van der Waals surface area contributed by atoms with Crippen LogP contribution in [0.25, 0.3) is 5.65 Å². The number of hydrogen-bond donors (Lipinski definition) is 0. The fourth-order valence-corrected chi connectivity index (χ4v) is 4.99. The van der Waals surface area contributed by atoms with Crippen molar-refractivity contribution in [2.75, 3.05) is 7.11 Å². The van der Waals surface area contributed by atoms with Crippen LogP contribution in [0.2, 0.25) is 0 Å². The fraction of sp³-hybridized carbons (Fsp3) is 0.100. The summed E-state index contributed by atoms with van der Waals surface area (Å²) in [5.74, 6) is 1.58. The van der Waals surface area contributed by atoms with Crippen molar-refractivity contribution in [3.8, 4) is 5.75 Å². The number of methoxy groups -OCH3 is 1. The topological polar surface area (TPSA) is 39.4 Å². The van der Waals surface area contributed by atoms with Gasteiger partial charge >= 0.3 is 0 Å². The van der Waals surface area contributed by atoms with E-state index in [2.05, 4.69) is 65.8 Å². The molecule has 0 atom stereocenters. The molecule has 0 aliphatic rings. The van der Waals surface area contributed by atoms with Crippen molar-refractivity contribution >= 4 is 24.2 Å². The van der Waals surface area contributed by atoms with E-state index in [1.165, 1.54) is 10.6 Å². The van der Waals surface area contributed by atoms with Gasteiger partial charge in [0.25, 0.3) is 0 Å². The van der Waals surface area contributed by atoms with E-state index in [1.54, 1.807) is 11.6 Å². The van der Waals surface area contributed by atoms with Gasteiger partial charge in [0.15, 0.2) is 17.2 Å². The monoisotopic (exact) mass is 347 g/mol. The Hall–Kier alpha value is -2.71. The van der Waals surface area contributed by atoms with Gasteiger partial charge in [-0.1, -0.05) is 60.7 Å². The molecule has 0 aliphatic carbocycles. The molecule has 0 fully saturated rings. The first kappa shape index (κ1) is 15.8. The maximum atomic E-state index is 5.40. The molecular weight excluding hydrogens is 329 g/mol. The third-order valence-electron chi connectivity index (χ3n) is 4.03. The summed E-state index contributed by atoms with van der Waals surface area (Å²) in [5, 5.41) is 7.31. The summed E-state index contributed by atoms with van der Waals surface area (Å²) in [6.07, 6.45) is 2.70. The first-order valence-electron chi connectivity index (χ1n) is 8.11. The van der Waals surface area contributed by atoms with E-state index in [-0.39, 0.29) is 0 Å². The molecule has 2 aromatic carbocycles. The summed E-state index contributed by atoms with van der Waals surface area (Å²) in [7, 11) is 1.10. The summed E-state index contributed by atoms with van der Waals surface area (Å²) in [6.45, 7) is 0. The molecule has 4 nitrogen and oxygen atoms in total. The number of pyridine rings is 1. The number of aromatic nitrogens is 3. The largest absolute Gasteiger partial charge is 0.493 e. The second-order valence-electron chi connectivity index (χ2n) is 5.63. The Morgan fingerprint density at radius 3 is 2.12 bits per heavy atom. The maximum absolute atomic E-state index is 5.40. The average molecular weight is 347 g/mol. The van der Waals surface area contributed by atoms with Crippen molar-refractivity contribution < 1.29 is 4.74 Å². The van der Waals surface area contributed by atoms with Gasteiger partial charge < -0.3 is 4.74 Å². The zero-order valence-corrected chi connectivity index (χ0v) is 14.8. The van der Waals surface area contributed by atoms with E-state index in [4.69, 9.17) is 9.72 Å². The Morgan fingerprint density at radius 2 is 1.52 bits per heavy atom. The van der Waals surface area contributed by atoms with Crippen LogP contribution in [0.5, 0.6) is 5.75 Å². The fourth-order valence-electron chi connectivity index (χ4n) is 2.84. The third-order valence-corrected chi connectivity index (χ3v) is 6.47. The maximum Gasteiger partial charge on any atom is 0.198 e. The molecule has 0 amide bonds. The minimum absolute atomic E-state index is 0.557. The molecule has 0 radical (unpaired) electrons. The molecule has 0 saturated heterocycles. The molecule has 0 spiro atoms. The van der Waals surface area contributed by atoms with Crippen LogP contribution < -0.4 is 15.3 Å². The molecule has 2 heterocycles. The minimum atomic E-state index is -0.557. The van der Waals surface area contributed by atoms with Gasteiger partial charge in [-0.2, -0.15) is 5.10 Å². The predicted octanol–water partition coefficient (Wildman–Crippen LogP) is 3.37. The van der Waals surface area contributed by atoms with Gasteiger partial charge in [0.2, 0.25) is 0 Å². The smallest absolute Gasteiger partial charge is 0.198 e. The van der Waals surface area contributed by atoms with Crippen molar-refractivity contribution in [1.82, 2.24) is 14.6 Å². The lowest BCUT2D eigenvalue weighted by Gasteiger charge is -2.17. The van der Waals surface area contributed by atoms with Gasteiger partial charge in [-0.15, -0.1) is 0 Å². The van der Waals surface area contributed by atoms with Gasteiger partial charge in [-0.25, -0.2) is 9.50 Å². The Kier molecular flexibility index (Phi) is 4.45. The van der Waals surface area contributed by atoms with Crippen LogP contribution in [0.1, 0.15) is 5.82 Å². The molecule has 0 bridgehead atoms. The molecule has 0 unspecified atom stereocenters. The second-order valence-corrected chi connectivity index (χ2v) is 7.84. The van der Waals surface area contributed by atoms with Crippen LogP contribution >= 0.6 is 7.92 Å². The van der Waals surface area contributed by atoms with Crippen LogP contribution in [0.4, 0.5) is 0 Å². The van der Waals surface area contributed by atoms with Crippen LogP contribution in [-0.4, -0.2) is 21.7 Å². The van der Waals surface area contributed by atoms with E-state index >= 15 is 0 Å². The number of nitrogens with zero attached hydrogens (tertiary/aromatic N) is 3. The number of benzene rings is 2. The Bertz CT molecular complexity index is 931. The first-order valence-corrected chi connectivity index (χ1v) is 9.64. The Balaban J connectivity index is 1.74. The van der Waals surface area contributed by atoms with Crippen molar-refractivity contribution in [3.63, 3.8) is 0 Å². The Labute approximate surface area is 147 Å². The van der Waals surface area contributed by atoms with Crippen molar-refractivity contribution in [2.45, 2.75) is 6.16 Å². The molecule has 0 saturated carbocycles. The van der Waals surface area contributed by atoms with E-state index in [0.29, 0.717) is 0 Å². The standard InChI is InChI=1S/C20H18N3OP/c1-24-18-13-8-14-23-20(18)21-19(22-23)15-25(16-9-4-2-5-10-16)17-11-6-3-7-12-17/h2-14H,15H2,1H3. The molecule has 5 heteroatoms. The van der Waals surface area contributed by atoms with E-state index in [9.17, 15) is 0 Å². The van der Waals surface area contributed by atoms with Crippen molar-refractivity contribution in [2.24, 2.45) is 0 Å². The molecule has 25 heavy (non-hydrogen) atoms. The summed E-state index contributed by atoms with van der Waals surface area (Å²) in [5.41, 5.74) is 0.760. The van der Waals surface area contributed by atoms with E-state index in [1.807, 2.05) is 18.3 Å².